The molecule has 0 spiro atoms. The predicted octanol–water partition coefficient (Wildman–Crippen LogP) is 2.57. The van der Waals surface area contributed by atoms with Crippen molar-refractivity contribution in [3.63, 3.8) is 0 Å². The van der Waals surface area contributed by atoms with E-state index in [-0.39, 0.29) is 11.5 Å². The number of fused-ring (bicyclic) bond motifs is 1. The zero-order chi connectivity index (χ0) is 12.6. The third kappa shape index (κ3) is 2.58. The second kappa shape index (κ2) is 4.03. The number of rotatable bonds is 2. The summed E-state index contributed by atoms with van der Waals surface area (Å²) in [4.78, 5) is 11.3. The summed E-state index contributed by atoms with van der Waals surface area (Å²) < 4.78 is 33.9. The van der Waals surface area contributed by atoms with Gasteiger partial charge in [0.1, 0.15) is 5.38 Å². The molecule has 17 heavy (non-hydrogen) atoms. The Morgan fingerprint density at radius 3 is 2.71 bits per heavy atom. The zero-order valence-electron chi connectivity index (χ0n) is 8.67. The van der Waals surface area contributed by atoms with E-state index in [0.717, 1.165) is 0 Å². The summed E-state index contributed by atoms with van der Waals surface area (Å²) in [6, 6.07) is 3.94. The van der Waals surface area contributed by atoms with Gasteiger partial charge in [-0.25, -0.2) is 0 Å². The van der Waals surface area contributed by atoms with E-state index < -0.39 is 17.6 Å². The van der Waals surface area contributed by atoms with Crippen LogP contribution in [0.2, 0.25) is 0 Å². The van der Waals surface area contributed by atoms with Crippen LogP contribution in [0, 0.1) is 0 Å². The summed E-state index contributed by atoms with van der Waals surface area (Å²) in [6.07, 6.45) is -3.66. The summed E-state index contributed by atoms with van der Waals surface area (Å²) in [5, 5.41) is 1.73. The van der Waals surface area contributed by atoms with Crippen molar-refractivity contribution < 1.29 is 23.0 Å². The van der Waals surface area contributed by atoms with Crippen LogP contribution in [0.1, 0.15) is 6.92 Å². The Kier molecular flexibility index (Phi) is 2.82. The number of benzene rings is 1. The maximum Gasteiger partial charge on any atom is 0.586 e. The molecule has 0 aromatic heterocycles. The van der Waals surface area contributed by atoms with Gasteiger partial charge < -0.3 is 14.8 Å². The monoisotopic (exact) mass is 263 g/mol. The summed E-state index contributed by atoms with van der Waals surface area (Å²) in [5.74, 6) is -0.640. The first kappa shape index (κ1) is 11.9. The molecule has 2 rings (SSSR count). The summed E-state index contributed by atoms with van der Waals surface area (Å²) in [5.41, 5.74) is 0.308. The molecule has 0 bridgehead atoms. The van der Waals surface area contributed by atoms with Crippen LogP contribution in [-0.2, 0) is 4.79 Å². The highest BCUT2D eigenvalue weighted by Crippen LogP contribution is 2.42. The number of hydrogen-bond donors (Lipinski definition) is 1. The van der Waals surface area contributed by atoms with Gasteiger partial charge in [-0.15, -0.1) is 20.4 Å². The number of ether oxygens (including phenoxy) is 2. The van der Waals surface area contributed by atoms with Crippen LogP contribution in [0.5, 0.6) is 11.5 Å². The van der Waals surface area contributed by atoms with Gasteiger partial charge in [0.25, 0.3) is 0 Å². The van der Waals surface area contributed by atoms with Gasteiger partial charge in [0, 0.05) is 11.8 Å². The number of amides is 1. The normalized spacial score (nSPS) is 17.6. The lowest BCUT2D eigenvalue weighted by molar-refractivity contribution is -0.286. The summed E-state index contributed by atoms with van der Waals surface area (Å²) in [6.45, 7) is 1.50. The number of anilines is 1. The minimum atomic E-state index is -3.66. The maximum atomic E-state index is 12.7. The van der Waals surface area contributed by atoms with E-state index in [1.54, 1.807) is 0 Å². The van der Waals surface area contributed by atoms with Gasteiger partial charge in [-0.1, -0.05) is 0 Å². The van der Waals surface area contributed by atoms with Crippen molar-refractivity contribution in [1.29, 1.82) is 0 Å². The first-order valence-electron chi connectivity index (χ1n) is 4.72. The molecule has 1 atom stereocenters. The van der Waals surface area contributed by atoms with Crippen LogP contribution in [0.4, 0.5) is 14.5 Å². The molecular weight excluding hydrogens is 256 g/mol. The van der Waals surface area contributed by atoms with Gasteiger partial charge in [-0.3, -0.25) is 4.79 Å². The molecule has 1 aliphatic heterocycles. The smallest absolute Gasteiger partial charge is 0.395 e. The Morgan fingerprint density at radius 2 is 2.06 bits per heavy atom. The average Bonchev–Trinajstić information content (AvgIpc) is 2.50. The second-order valence-electron chi connectivity index (χ2n) is 3.43. The summed E-state index contributed by atoms with van der Waals surface area (Å²) in [7, 11) is 0. The molecule has 0 saturated heterocycles. The molecule has 0 radical (unpaired) electrons. The van der Waals surface area contributed by atoms with E-state index >= 15 is 0 Å². The number of halogens is 3. The van der Waals surface area contributed by atoms with Crippen molar-refractivity contribution in [2.24, 2.45) is 0 Å². The number of nitrogens with one attached hydrogen (secondary N) is 1. The van der Waals surface area contributed by atoms with Crippen molar-refractivity contribution in [3.8, 4) is 11.5 Å². The van der Waals surface area contributed by atoms with Crippen LogP contribution < -0.4 is 14.8 Å². The molecule has 0 aliphatic carbocycles. The van der Waals surface area contributed by atoms with Crippen LogP contribution in [0.3, 0.4) is 0 Å². The van der Waals surface area contributed by atoms with Crippen molar-refractivity contribution in [3.05, 3.63) is 18.2 Å². The predicted molar refractivity (Wildman–Crippen MR) is 56.6 cm³/mol. The Morgan fingerprint density at radius 1 is 1.41 bits per heavy atom. The molecule has 0 unspecified atom stereocenters. The molecule has 1 heterocycles. The first-order valence-corrected chi connectivity index (χ1v) is 5.16. The number of carbonyl (C=O) groups excluding carboxylic acids is 1. The third-order valence-corrected chi connectivity index (χ3v) is 2.23. The Bertz CT molecular complexity index is 465. The highest BCUT2D eigenvalue weighted by Gasteiger charge is 2.43. The number of carbonyl (C=O) groups is 1. The van der Waals surface area contributed by atoms with E-state index in [9.17, 15) is 13.6 Å². The average molecular weight is 264 g/mol. The highest BCUT2D eigenvalue weighted by atomic mass is 35.5. The van der Waals surface area contributed by atoms with E-state index in [4.69, 9.17) is 11.6 Å². The molecule has 0 fully saturated rings. The van der Waals surface area contributed by atoms with Crippen molar-refractivity contribution >= 4 is 23.2 Å². The lowest BCUT2D eigenvalue weighted by Gasteiger charge is -2.06. The summed E-state index contributed by atoms with van der Waals surface area (Å²) >= 11 is 5.55. The Balaban J connectivity index is 2.17. The maximum absolute atomic E-state index is 12.7. The van der Waals surface area contributed by atoms with Crippen molar-refractivity contribution in [2.45, 2.75) is 18.6 Å². The lowest BCUT2D eigenvalue weighted by Crippen LogP contribution is -2.25. The second-order valence-corrected chi connectivity index (χ2v) is 4.09. The highest BCUT2D eigenvalue weighted by molar-refractivity contribution is 6.32. The number of alkyl halides is 3. The van der Waals surface area contributed by atoms with Crippen molar-refractivity contribution in [1.82, 2.24) is 0 Å². The SMILES string of the molecule is C[C@@H](Cl)C(=O)Nc1ccc2c(c1)OC(F)(F)O2. The van der Waals surface area contributed by atoms with Gasteiger partial charge in [0.15, 0.2) is 11.5 Å². The van der Waals surface area contributed by atoms with E-state index in [1.165, 1.54) is 25.1 Å². The first-order chi connectivity index (χ1) is 7.87. The standard InChI is InChI=1S/C10H8ClF2NO3/c1-5(11)9(15)14-6-2-3-7-8(4-6)17-10(12,13)16-7/h2-5H,1H3,(H,14,15)/t5-/m1/s1. The third-order valence-electron chi connectivity index (χ3n) is 2.03. The van der Waals surface area contributed by atoms with Crippen LogP contribution in [0.15, 0.2) is 18.2 Å². The van der Waals surface area contributed by atoms with Crippen molar-refractivity contribution in [2.75, 3.05) is 5.32 Å². The molecule has 1 aromatic carbocycles. The molecule has 1 amide bonds. The zero-order valence-corrected chi connectivity index (χ0v) is 9.42. The van der Waals surface area contributed by atoms with E-state index in [1.807, 2.05) is 0 Å². The van der Waals surface area contributed by atoms with Crippen LogP contribution >= 0.6 is 11.6 Å². The number of hydrogen-bond acceptors (Lipinski definition) is 3. The molecular formula is C10H8ClF2NO3. The molecule has 92 valence electrons. The van der Waals surface area contributed by atoms with E-state index in [0.29, 0.717) is 5.69 Å². The molecule has 7 heteroatoms. The van der Waals surface area contributed by atoms with Gasteiger partial charge in [-0.05, 0) is 19.1 Å². The minimum absolute atomic E-state index is 0.0769. The minimum Gasteiger partial charge on any atom is -0.395 e. The van der Waals surface area contributed by atoms with Gasteiger partial charge >= 0.3 is 6.29 Å². The largest absolute Gasteiger partial charge is 0.586 e. The Hall–Kier alpha value is -1.56. The molecule has 1 N–H and O–H groups in total. The quantitative estimate of drug-likeness (QED) is 0.834. The molecule has 0 saturated carbocycles. The topological polar surface area (TPSA) is 47.6 Å². The Labute approximate surface area is 100 Å². The molecule has 4 nitrogen and oxygen atoms in total. The molecule has 1 aromatic rings. The fourth-order valence-electron chi connectivity index (χ4n) is 1.27. The fraction of sp³-hybridized carbons (Fsp3) is 0.300. The molecule has 1 aliphatic rings. The lowest BCUT2D eigenvalue weighted by atomic mass is 10.2. The fourth-order valence-corrected chi connectivity index (χ4v) is 1.32. The van der Waals surface area contributed by atoms with Crippen LogP contribution in [0.25, 0.3) is 0 Å². The van der Waals surface area contributed by atoms with Gasteiger partial charge in [0.05, 0.1) is 0 Å². The van der Waals surface area contributed by atoms with Gasteiger partial charge in [-0.2, -0.15) is 0 Å². The van der Waals surface area contributed by atoms with Gasteiger partial charge in [0.2, 0.25) is 5.91 Å². The van der Waals surface area contributed by atoms with E-state index in [2.05, 4.69) is 14.8 Å². The van der Waals surface area contributed by atoms with Crippen LogP contribution in [-0.4, -0.2) is 17.6 Å².